The van der Waals surface area contributed by atoms with Crippen LogP contribution >= 0.6 is 15.9 Å². The second-order valence-electron chi connectivity index (χ2n) is 5.89. The molecule has 0 spiro atoms. The number of aromatic nitrogens is 2. The number of pyridine rings is 1. The number of nitrogens with one attached hydrogen (secondary N) is 1. The molecule has 4 nitrogen and oxygen atoms in total. The lowest BCUT2D eigenvalue weighted by atomic mass is 10.0. The van der Waals surface area contributed by atoms with Crippen LogP contribution in [0, 0.1) is 11.3 Å². The molecule has 1 N–H and O–H groups in total. The number of nitrogens with zero attached hydrogens (tertiary/aromatic N) is 2. The van der Waals surface area contributed by atoms with E-state index in [0.29, 0.717) is 11.3 Å². The zero-order chi connectivity index (χ0) is 18.6. The monoisotopic (exact) mass is 415 g/mol. The highest BCUT2D eigenvalue weighted by Crippen LogP contribution is 2.31. The molecule has 2 aromatic carbocycles. The number of rotatable bonds is 4. The average Bonchev–Trinajstić information content (AvgIpc) is 3.11. The predicted molar refractivity (Wildman–Crippen MR) is 110 cm³/mol. The molecule has 0 unspecified atom stereocenters. The lowest BCUT2D eigenvalue weighted by molar-refractivity contribution is 0.481. The van der Waals surface area contributed by atoms with Gasteiger partial charge in [0, 0.05) is 45.1 Å². The van der Waals surface area contributed by atoms with Gasteiger partial charge in [-0.1, -0.05) is 34.1 Å². The molecule has 4 rings (SSSR count). The topological polar surface area (TPSA) is 61.7 Å². The van der Waals surface area contributed by atoms with Crippen LogP contribution in [0.3, 0.4) is 0 Å². The normalized spacial score (nSPS) is 11.3. The van der Waals surface area contributed by atoms with Crippen molar-refractivity contribution < 1.29 is 4.74 Å². The van der Waals surface area contributed by atoms with Gasteiger partial charge in [-0.15, -0.1) is 0 Å². The molecule has 4 aromatic rings. The van der Waals surface area contributed by atoms with Crippen molar-refractivity contribution in [1.29, 1.82) is 5.26 Å². The molecule has 0 saturated heterocycles. The van der Waals surface area contributed by atoms with Gasteiger partial charge in [0.1, 0.15) is 11.5 Å². The van der Waals surface area contributed by atoms with Crippen LogP contribution < -0.4 is 4.74 Å². The van der Waals surface area contributed by atoms with Crippen LogP contribution in [0.5, 0.6) is 11.5 Å². The fraction of sp³-hybridized carbons (Fsp3) is 0. The predicted octanol–water partition coefficient (Wildman–Crippen LogP) is 6.18. The molecule has 2 heterocycles. The Morgan fingerprint density at radius 1 is 1.15 bits per heavy atom. The Bertz CT molecular complexity index is 1170. The van der Waals surface area contributed by atoms with Gasteiger partial charge >= 0.3 is 0 Å². The maximum atomic E-state index is 9.76. The zero-order valence-corrected chi connectivity index (χ0v) is 15.8. The number of ether oxygens (including phenoxy) is 1. The van der Waals surface area contributed by atoms with Crippen molar-refractivity contribution in [1.82, 2.24) is 9.97 Å². The number of para-hydroxylation sites is 1. The third-order valence-electron chi connectivity index (χ3n) is 4.14. The molecular formula is C22H14BrN3O. The first kappa shape index (κ1) is 17.1. The molecule has 0 fully saturated rings. The minimum absolute atomic E-state index is 0.533. The number of benzene rings is 2. The van der Waals surface area contributed by atoms with Crippen LogP contribution in [-0.4, -0.2) is 9.97 Å². The second-order valence-corrected chi connectivity index (χ2v) is 6.81. The molecule has 0 aliphatic rings. The highest BCUT2D eigenvalue weighted by molar-refractivity contribution is 9.10. The molecule has 0 aliphatic carbocycles. The van der Waals surface area contributed by atoms with Gasteiger partial charge in [-0.2, -0.15) is 5.26 Å². The Hall–Kier alpha value is -3.36. The van der Waals surface area contributed by atoms with Gasteiger partial charge < -0.3 is 9.72 Å². The highest BCUT2D eigenvalue weighted by Gasteiger charge is 2.11. The SMILES string of the molecule is N#C/C(=C\c1cnccc1Oc1ccccc1)c1c[nH]c2ccc(Br)cc12. The smallest absolute Gasteiger partial charge is 0.137 e. The molecule has 130 valence electrons. The van der Waals surface area contributed by atoms with Crippen LogP contribution in [0.1, 0.15) is 11.1 Å². The summed E-state index contributed by atoms with van der Waals surface area (Å²) in [6.07, 6.45) is 7.01. The van der Waals surface area contributed by atoms with Crippen molar-refractivity contribution in [2.24, 2.45) is 0 Å². The Balaban J connectivity index is 1.77. The number of allylic oxidation sites excluding steroid dienone is 1. The third kappa shape index (κ3) is 3.62. The lowest BCUT2D eigenvalue weighted by Gasteiger charge is -2.08. The Labute approximate surface area is 164 Å². The molecule has 2 aromatic heterocycles. The molecule has 27 heavy (non-hydrogen) atoms. The molecule has 0 bridgehead atoms. The van der Waals surface area contributed by atoms with Crippen LogP contribution in [0.2, 0.25) is 0 Å². The summed E-state index contributed by atoms with van der Waals surface area (Å²) in [4.78, 5) is 7.39. The summed E-state index contributed by atoms with van der Waals surface area (Å²) in [6, 6.07) is 19.6. The summed E-state index contributed by atoms with van der Waals surface area (Å²) in [6.45, 7) is 0. The highest BCUT2D eigenvalue weighted by atomic mass is 79.9. The van der Waals surface area contributed by atoms with E-state index in [0.717, 1.165) is 32.3 Å². The minimum Gasteiger partial charge on any atom is -0.457 e. The van der Waals surface area contributed by atoms with Crippen molar-refractivity contribution in [3.63, 3.8) is 0 Å². The summed E-state index contributed by atoms with van der Waals surface area (Å²) >= 11 is 3.49. The molecule has 5 heteroatoms. The number of fused-ring (bicyclic) bond motifs is 1. The third-order valence-corrected chi connectivity index (χ3v) is 4.63. The molecule has 0 saturated carbocycles. The lowest BCUT2D eigenvalue weighted by Crippen LogP contribution is -1.89. The van der Waals surface area contributed by atoms with E-state index in [2.05, 4.69) is 32.0 Å². The minimum atomic E-state index is 0.533. The quantitative estimate of drug-likeness (QED) is 0.404. The van der Waals surface area contributed by atoms with E-state index >= 15 is 0 Å². The Morgan fingerprint density at radius 3 is 2.81 bits per heavy atom. The van der Waals surface area contributed by atoms with Gasteiger partial charge in [0.2, 0.25) is 0 Å². The number of halogens is 1. The largest absolute Gasteiger partial charge is 0.457 e. The van der Waals surface area contributed by atoms with Gasteiger partial charge in [-0.25, -0.2) is 0 Å². The molecule has 0 atom stereocenters. The summed E-state index contributed by atoms with van der Waals surface area (Å²) in [7, 11) is 0. The van der Waals surface area contributed by atoms with Crippen molar-refractivity contribution in [2.45, 2.75) is 0 Å². The van der Waals surface area contributed by atoms with Crippen LogP contribution in [-0.2, 0) is 0 Å². The van der Waals surface area contributed by atoms with Gasteiger partial charge in [-0.3, -0.25) is 4.98 Å². The number of hydrogen-bond donors (Lipinski definition) is 1. The molecular weight excluding hydrogens is 402 g/mol. The van der Waals surface area contributed by atoms with Gasteiger partial charge in [0.25, 0.3) is 0 Å². The summed E-state index contributed by atoms with van der Waals surface area (Å²) in [5.74, 6) is 1.37. The van der Waals surface area contributed by atoms with Gasteiger partial charge in [-0.05, 0) is 42.5 Å². The average molecular weight is 416 g/mol. The molecule has 0 aliphatic heterocycles. The first-order valence-corrected chi connectivity index (χ1v) is 9.09. The van der Waals surface area contributed by atoms with E-state index in [1.54, 1.807) is 24.5 Å². The number of H-pyrrole nitrogens is 1. The first-order chi connectivity index (χ1) is 13.2. The van der Waals surface area contributed by atoms with Crippen LogP contribution in [0.25, 0.3) is 22.6 Å². The van der Waals surface area contributed by atoms with Crippen molar-refractivity contribution in [2.75, 3.05) is 0 Å². The fourth-order valence-corrected chi connectivity index (χ4v) is 3.21. The van der Waals surface area contributed by atoms with Gasteiger partial charge in [0.05, 0.1) is 11.6 Å². The Morgan fingerprint density at radius 2 is 2.00 bits per heavy atom. The maximum absolute atomic E-state index is 9.76. The summed E-state index contributed by atoms with van der Waals surface area (Å²) in [5, 5.41) is 10.7. The van der Waals surface area contributed by atoms with E-state index in [1.807, 2.05) is 54.7 Å². The number of nitriles is 1. The van der Waals surface area contributed by atoms with Crippen molar-refractivity contribution >= 4 is 38.5 Å². The molecule has 0 amide bonds. The van der Waals surface area contributed by atoms with E-state index in [1.165, 1.54) is 0 Å². The molecule has 0 radical (unpaired) electrons. The van der Waals surface area contributed by atoms with E-state index < -0.39 is 0 Å². The fourth-order valence-electron chi connectivity index (χ4n) is 2.85. The van der Waals surface area contributed by atoms with Crippen LogP contribution in [0.4, 0.5) is 0 Å². The van der Waals surface area contributed by atoms with E-state index in [9.17, 15) is 5.26 Å². The first-order valence-electron chi connectivity index (χ1n) is 8.30. The van der Waals surface area contributed by atoms with Crippen molar-refractivity contribution in [3.05, 3.63) is 88.8 Å². The zero-order valence-electron chi connectivity index (χ0n) is 14.2. The van der Waals surface area contributed by atoms with Crippen LogP contribution in [0.15, 0.2) is 77.7 Å². The van der Waals surface area contributed by atoms with Crippen molar-refractivity contribution in [3.8, 4) is 17.6 Å². The second kappa shape index (κ2) is 7.48. The number of aromatic amines is 1. The summed E-state index contributed by atoms with van der Waals surface area (Å²) < 4.78 is 6.93. The number of hydrogen-bond acceptors (Lipinski definition) is 3. The Kier molecular flexibility index (Phi) is 4.73. The van der Waals surface area contributed by atoms with Gasteiger partial charge in [0.15, 0.2) is 0 Å². The standard InChI is InChI=1S/C22H14BrN3O/c23-17-6-7-21-19(11-17)20(14-26-21)15(12-24)10-16-13-25-9-8-22(16)27-18-4-2-1-3-5-18/h1-11,13-14,26H/b15-10+. The maximum Gasteiger partial charge on any atom is 0.137 e. The van der Waals surface area contributed by atoms with E-state index in [4.69, 9.17) is 4.74 Å². The summed E-state index contributed by atoms with van der Waals surface area (Å²) in [5.41, 5.74) is 3.08. The van der Waals surface area contributed by atoms with E-state index in [-0.39, 0.29) is 0 Å².